The third kappa shape index (κ3) is 1.50. The summed E-state index contributed by atoms with van der Waals surface area (Å²) in [5, 5.41) is 3.26. The second-order valence-electron chi connectivity index (χ2n) is 2.92. The first-order chi connectivity index (χ1) is 6.18. The van der Waals surface area contributed by atoms with E-state index in [0.717, 1.165) is 21.4 Å². The van der Waals surface area contributed by atoms with Crippen LogP contribution in [0.25, 0.3) is 10.8 Å². The fourth-order valence-corrected chi connectivity index (χ4v) is 1.66. The van der Waals surface area contributed by atoms with E-state index in [1.165, 1.54) is 0 Å². The van der Waals surface area contributed by atoms with Crippen molar-refractivity contribution in [1.29, 1.82) is 0 Å². The standard InChI is InChI=1S/C10H7Cl2N/c1-6-4-8-7(5-9(6)11)2-3-13-10(8)12/h2-5H,1H3. The number of nitrogens with zero attached hydrogens (tertiary/aromatic N) is 1. The number of rotatable bonds is 0. The zero-order valence-electron chi connectivity index (χ0n) is 7.01. The Bertz CT molecular complexity index is 466. The Kier molecular flexibility index (Phi) is 2.14. The van der Waals surface area contributed by atoms with Crippen molar-refractivity contribution >= 4 is 34.0 Å². The molecule has 0 bridgehead atoms. The van der Waals surface area contributed by atoms with Gasteiger partial charge in [0.2, 0.25) is 0 Å². The highest BCUT2D eigenvalue weighted by Gasteiger charge is 2.02. The summed E-state index contributed by atoms with van der Waals surface area (Å²) in [5.74, 6) is 0. The lowest BCUT2D eigenvalue weighted by Crippen LogP contribution is -1.81. The van der Waals surface area contributed by atoms with Crippen LogP contribution in [0.15, 0.2) is 24.4 Å². The van der Waals surface area contributed by atoms with Crippen molar-refractivity contribution < 1.29 is 0 Å². The molecule has 0 aliphatic rings. The van der Waals surface area contributed by atoms with Gasteiger partial charge in [0, 0.05) is 16.6 Å². The second-order valence-corrected chi connectivity index (χ2v) is 3.69. The Morgan fingerprint density at radius 3 is 2.77 bits per heavy atom. The number of hydrogen-bond donors (Lipinski definition) is 0. The molecule has 1 aromatic carbocycles. The fraction of sp³-hybridized carbons (Fsp3) is 0.100. The van der Waals surface area contributed by atoms with E-state index in [4.69, 9.17) is 23.2 Å². The Morgan fingerprint density at radius 1 is 1.23 bits per heavy atom. The normalized spacial score (nSPS) is 10.7. The van der Waals surface area contributed by atoms with E-state index >= 15 is 0 Å². The molecule has 0 aliphatic carbocycles. The minimum atomic E-state index is 0.525. The van der Waals surface area contributed by atoms with Crippen LogP contribution >= 0.6 is 23.2 Å². The third-order valence-corrected chi connectivity index (χ3v) is 2.70. The Morgan fingerprint density at radius 2 is 2.00 bits per heavy atom. The van der Waals surface area contributed by atoms with Crippen molar-refractivity contribution in [2.24, 2.45) is 0 Å². The first-order valence-electron chi connectivity index (χ1n) is 3.89. The molecule has 2 aromatic rings. The maximum Gasteiger partial charge on any atom is 0.136 e. The highest BCUT2D eigenvalue weighted by atomic mass is 35.5. The molecule has 0 amide bonds. The molecule has 0 radical (unpaired) electrons. The van der Waals surface area contributed by atoms with E-state index in [1.807, 2.05) is 25.1 Å². The van der Waals surface area contributed by atoms with Crippen LogP contribution in [0, 0.1) is 6.92 Å². The van der Waals surface area contributed by atoms with E-state index < -0.39 is 0 Å². The molecule has 0 saturated heterocycles. The van der Waals surface area contributed by atoms with Crippen LogP contribution in [0.1, 0.15) is 5.56 Å². The smallest absolute Gasteiger partial charge is 0.136 e. The predicted molar refractivity (Wildman–Crippen MR) is 56.5 cm³/mol. The molecule has 13 heavy (non-hydrogen) atoms. The van der Waals surface area contributed by atoms with Gasteiger partial charge in [-0.05, 0) is 36.1 Å². The average Bonchev–Trinajstić information content (AvgIpc) is 2.09. The quantitative estimate of drug-likeness (QED) is 0.604. The minimum absolute atomic E-state index is 0.525. The molecule has 1 heterocycles. The van der Waals surface area contributed by atoms with Crippen LogP contribution in [-0.4, -0.2) is 4.98 Å². The maximum absolute atomic E-state index is 5.98. The summed E-state index contributed by atoms with van der Waals surface area (Å²) in [6, 6.07) is 5.75. The lowest BCUT2D eigenvalue weighted by molar-refractivity contribution is 1.36. The van der Waals surface area contributed by atoms with Gasteiger partial charge in [0.25, 0.3) is 0 Å². The van der Waals surface area contributed by atoms with Gasteiger partial charge in [0.1, 0.15) is 5.15 Å². The largest absolute Gasteiger partial charge is 0.244 e. The van der Waals surface area contributed by atoms with Gasteiger partial charge in [-0.25, -0.2) is 4.98 Å². The molecule has 0 aliphatic heterocycles. The molecule has 1 nitrogen and oxygen atoms in total. The molecule has 66 valence electrons. The number of benzene rings is 1. The molecule has 2 rings (SSSR count). The summed E-state index contributed by atoms with van der Waals surface area (Å²) in [6.07, 6.45) is 1.68. The summed E-state index contributed by atoms with van der Waals surface area (Å²) < 4.78 is 0. The lowest BCUT2D eigenvalue weighted by atomic mass is 10.1. The van der Waals surface area contributed by atoms with E-state index in [-0.39, 0.29) is 0 Å². The fourth-order valence-electron chi connectivity index (χ4n) is 1.27. The lowest BCUT2D eigenvalue weighted by Gasteiger charge is -2.02. The zero-order chi connectivity index (χ0) is 9.42. The van der Waals surface area contributed by atoms with Crippen molar-refractivity contribution in [2.75, 3.05) is 0 Å². The maximum atomic E-state index is 5.98. The average molecular weight is 212 g/mol. The molecule has 3 heteroatoms. The van der Waals surface area contributed by atoms with Crippen molar-refractivity contribution in [2.45, 2.75) is 6.92 Å². The van der Waals surface area contributed by atoms with E-state index in [2.05, 4.69) is 4.98 Å². The SMILES string of the molecule is Cc1cc2c(Cl)nccc2cc1Cl. The molecule has 0 fully saturated rings. The number of hydrogen-bond acceptors (Lipinski definition) is 1. The summed E-state index contributed by atoms with van der Waals surface area (Å²) in [4.78, 5) is 4.00. The number of aryl methyl sites for hydroxylation is 1. The van der Waals surface area contributed by atoms with Gasteiger partial charge in [0.15, 0.2) is 0 Å². The number of pyridine rings is 1. The van der Waals surface area contributed by atoms with Crippen molar-refractivity contribution in [1.82, 2.24) is 4.98 Å². The molecular weight excluding hydrogens is 205 g/mol. The van der Waals surface area contributed by atoms with Gasteiger partial charge < -0.3 is 0 Å². The predicted octanol–water partition coefficient (Wildman–Crippen LogP) is 3.85. The number of halogens is 2. The van der Waals surface area contributed by atoms with E-state index in [1.54, 1.807) is 6.20 Å². The molecule has 0 unspecified atom stereocenters. The topological polar surface area (TPSA) is 12.9 Å². The van der Waals surface area contributed by atoms with Crippen LogP contribution < -0.4 is 0 Å². The molecule has 1 aromatic heterocycles. The molecule has 0 spiro atoms. The van der Waals surface area contributed by atoms with Crippen LogP contribution in [-0.2, 0) is 0 Å². The first kappa shape index (κ1) is 8.79. The van der Waals surface area contributed by atoms with Gasteiger partial charge in [-0.2, -0.15) is 0 Å². The van der Waals surface area contributed by atoms with Crippen LogP contribution in [0.2, 0.25) is 10.2 Å². The van der Waals surface area contributed by atoms with Gasteiger partial charge in [-0.15, -0.1) is 0 Å². The van der Waals surface area contributed by atoms with Crippen molar-refractivity contribution in [3.8, 4) is 0 Å². The van der Waals surface area contributed by atoms with Crippen LogP contribution in [0.3, 0.4) is 0 Å². The van der Waals surface area contributed by atoms with E-state index in [0.29, 0.717) is 5.15 Å². The van der Waals surface area contributed by atoms with E-state index in [9.17, 15) is 0 Å². The first-order valence-corrected chi connectivity index (χ1v) is 4.64. The minimum Gasteiger partial charge on any atom is -0.244 e. The van der Waals surface area contributed by atoms with Gasteiger partial charge >= 0.3 is 0 Å². The second kappa shape index (κ2) is 3.17. The Hall–Kier alpha value is -0.790. The van der Waals surface area contributed by atoms with Crippen LogP contribution in [0.4, 0.5) is 0 Å². The summed E-state index contributed by atoms with van der Waals surface area (Å²) >= 11 is 11.9. The van der Waals surface area contributed by atoms with Crippen molar-refractivity contribution in [3.63, 3.8) is 0 Å². The monoisotopic (exact) mass is 211 g/mol. The summed E-state index contributed by atoms with van der Waals surface area (Å²) in [6.45, 7) is 1.95. The highest BCUT2D eigenvalue weighted by molar-refractivity contribution is 6.35. The van der Waals surface area contributed by atoms with Gasteiger partial charge in [0.05, 0.1) is 0 Å². The number of fused-ring (bicyclic) bond motifs is 1. The number of aromatic nitrogens is 1. The van der Waals surface area contributed by atoms with Gasteiger partial charge in [-0.1, -0.05) is 23.2 Å². The van der Waals surface area contributed by atoms with Crippen LogP contribution in [0.5, 0.6) is 0 Å². The molecule has 0 saturated carbocycles. The molecule has 0 atom stereocenters. The Balaban J connectivity index is 2.89. The molecule has 0 N–H and O–H groups in total. The highest BCUT2D eigenvalue weighted by Crippen LogP contribution is 2.26. The summed E-state index contributed by atoms with van der Waals surface area (Å²) in [7, 11) is 0. The Labute approximate surface area is 86.3 Å². The third-order valence-electron chi connectivity index (χ3n) is 2.00. The zero-order valence-corrected chi connectivity index (χ0v) is 8.52. The van der Waals surface area contributed by atoms with Crippen molar-refractivity contribution in [3.05, 3.63) is 40.1 Å². The summed E-state index contributed by atoms with van der Waals surface area (Å²) in [5.41, 5.74) is 1.02. The van der Waals surface area contributed by atoms with Gasteiger partial charge in [-0.3, -0.25) is 0 Å². The molecular formula is C10H7Cl2N.